The molecule has 0 radical (unpaired) electrons. The summed E-state index contributed by atoms with van der Waals surface area (Å²) in [5.74, 6) is 0.733. The lowest BCUT2D eigenvalue weighted by atomic mass is 10.2. The van der Waals surface area contributed by atoms with Crippen molar-refractivity contribution in [3.8, 4) is 21.3 Å². The maximum atomic E-state index is 12.4. The van der Waals surface area contributed by atoms with Gasteiger partial charge in [0.15, 0.2) is 0 Å². The Balaban J connectivity index is 1.25. The number of thiophene rings is 1. The van der Waals surface area contributed by atoms with Gasteiger partial charge in [-0.3, -0.25) is 4.79 Å². The van der Waals surface area contributed by atoms with Crippen molar-refractivity contribution >= 4 is 45.3 Å². The molecule has 0 fully saturated rings. The van der Waals surface area contributed by atoms with E-state index < -0.39 is 0 Å². The topological polar surface area (TPSA) is 70.7 Å². The molecule has 0 unspecified atom stereocenters. The molecule has 142 valence electrons. The molecule has 0 aliphatic carbocycles. The number of amides is 1. The highest BCUT2D eigenvalue weighted by molar-refractivity contribution is 7.20. The monoisotopic (exact) mass is 416 g/mol. The highest BCUT2D eigenvalue weighted by atomic mass is 32.1. The zero-order valence-corrected chi connectivity index (χ0v) is 16.9. The van der Waals surface area contributed by atoms with Crippen molar-refractivity contribution in [2.24, 2.45) is 0 Å². The number of H-pyrrole nitrogens is 1. The van der Waals surface area contributed by atoms with Crippen molar-refractivity contribution in [1.82, 2.24) is 15.0 Å². The number of aromatic nitrogens is 3. The predicted molar refractivity (Wildman–Crippen MR) is 119 cm³/mol. The molecule has 0 bridgehead atoms. The zero-order chi connectivity index (χ0) is 19.6. The number of hydrogen-bond acceptors (Lipinski definition) is 5. The Bertz CT molecular complexity index is 1240. The summed E-state index contributed by atoms with van der Waals surface area (Å²) in [6.07, 6.45) is 0.257. The molecule has 5 aromatic rings. The molecule has 0 saturated carbocycles. The van der Waals surface area contributed by atoms with Crippen molar-refractivity contribution in [2.45, 2.75) is 6.42 Å². The van der Waals surface area contributed by atoms with Gasteiger partial charge in [0, 0.05) is 16.6 Å². The molecule has 3 heterocycles. The number of anilines is 1. The smallest absolute Gasteiger partial charge is 0.230 e. The molecule has 2 N–H and O–H groups in total. The summed E-state index contributed by atoms with van der Waals surface area (Å²) in [4.78, 5) is 26.0. The highest BCUT2D eigenvalue weighted by Crippen LogP contribution is 2.28. The van der Waals surface area contributed by atoms with Crippen LogP contribution in [0.25, 0.3) is 32.3 Å². The van der Waals surface area contributed by atoms with Crippen molar-refractivity contribution in [3.05, 3.63) is 77.1 Å². The third kappa shape index (κ3) is 3.83. The van der Waals surface area contributed by atoms with Crippen LogP contribution >= 0.6 is 22.7 Å². The van der Waals surface area contributed by atoms with E-state index in [1.807, 2.05) is 71.4 Å². The van der Waals surface area contributed by atoms with E-state index in [1.54, 1.807) is 22.7 Å². The number of thiazole rings is 1. The van der Waals surface area contributed by atoms with Gasteiger partial charge >= 0.3 is 0 Å². The van der Waals surface area contributed by atoms with E-state index in [4.69, 9.17) is 0 Å². The Labute approximate surface area is 175 Å². The van der Waals surface area contributed by atoms with Gasteiger partial charge in [-0.25, -0.2) is 9.97 Å². The number of aromatic amines is 1. The van der Waals surface area contributed by atoms with Gasteiger partial charge in [0.05, 0.1) is 28.0 Å². The minimum atomic E-state index is -0.0792. The normalized spacial score (nSPS) is 11.0. The number of rotatable bonds is 5. The average Bonchev–Trinajstić information content (AvgIpc) is 3.48. The third-order valence-electron chi connectivity index (χ3n) is 4.46. The van der Waals surface area contributed by atoms with Crippen LogP contribution in [0, 0.1) is 0 Å². The zero-order valence-electron chi connectivity index (χ0n) is 15.3. The first-order valence-corrected chi connectivity index (χ1v) is 10.8. The molecular formula is C22H16N4OS2. The standard InChI is InChI=1S/C22H16N4OS2/c27-20(12-16-13-29-22(24-16)19-6-3-11-28-19)23-15-9-7-14(8-10-15)21-25-17-4-1-2-5-18(17)26-21/h1-11,13H,12H2,(H,23,27)(H,25,26). The van der Waals surface area contributed by atoms with Crippen molar-refractivity contribution in [2.75, 3.05) is 5.32 Å². The Morgan fingerprint density at radius 3 is 2.62 bits per heavy atom. The summed E-state index contributed by atoms with van der Waals surface area (Å²) in [6, 6.07) is 19.6. The molecule has 0 saturated heterocycles. The first-order valence-electron chi connectivity index (χ1n) is 9.08. The molecule has 3 aromatic heterocycles. The lowest BCUT2D eigenvalue weighted by Crippen LogP contribution is -2.14. The largest absolute Gasteiger partial charge is 0.338 e. The van der Waals surface area contributed by atoms with Crippen LogP contribution < -0.4 is 5.32 Å². The fourth-order valence-corrected chi connectivity index (χ4v) is 4.71. The Hall–Kier alpha value is -3.29. The quantitative estimate of drug-likeness (QED) is 0.392. The summed E-state index contributed by atoms with van der Waals surface area (Å²) in [7, 11) is 0. The average molecular weight is 417 g/mol. The van der Waals surface area contributed by atoms with E-state index in [0.29, 0.717) is 0 Å². The van der Waals surface area contributed by atoms with Gasteiger partial charge in [0.1, 0.15) is 10.8 Å². The molecule has 5 rings (SSSR count). The summed E-state index contributed by atoms with van der Waals surface area (Å²) in [6.45, 7) is 0. The second kappa shape index (κ2) is 7.62. The molecule has 0 spiro atoms. The maximum Gasteiger partial charge on any atom is 0.230 e. The summed E-state index contributed by atoms with van der Waals surface area (Å²) >= 11 is 3.22. The summed E-state index contributed by atoms with van der Waals surface area (Å²) < 4.78 is 0. The fraction of sp³-hybridized carbons (Fsp3) is 0.0455. The highest BCUT2D eigenvalue weighted by Gasteiger charge is 2.11. The number of fused-ring (bicyclic) bond motifs is 1. The number of carbonyl (C=O) groups excluding carboxylic acids is 1. The van der Waals surface area contributed by atoms with Crippen LogP contribution in [0.2, 0.25) is 0 Å². The number of carbonyl (C=O) groups is 1. The predicted octanol–water partition coefficient (Wildman–Crippen LogP) is 5.60. The molecule has 7 heteroatoms. The number of benzene rings is 2. The van der Waals surface area contributed by atoms with E-state index in [2.05, 4.69) is 20.3 Å². The fourth-order valence-electron chi connectivity index (χ4n) is 3.07. The SMILES string of the molecule is O=C(Cc1csc(-c2cccs2)n1)Nc1ccc(-c2nc3ccccc3[nH]2)cc1. The minimum absolute atomic E-state index is 0.0792. The Morgan fingerprint density at radius 2 is 1.83 bits per heavy atom. The van der Waals surface area contributed by atoms with E-state index in [1.165, 1.54) is 0 Å². The van der Waals surface area contributed by atoms with Gasteiger partial charge in [-0.1, -0.05) is 18.2 Å². The van der Waals surface area contributed by atoms with E-state index in [-0.39, 0.29) is 12.3 Å². The summed E-state index contributed by atoms with van der Waals surface area (Å²) in [5, 5.41) is 7.86. The van der Waals surface area contributed by atoms with E-state index in [9.17, 15) is 4.79 Å². The van der Waals surface area contributed by atoms with Crippen LogP contribution in [0.1, 0.15) is 5.69 Å². The second-order valence-corrected chi connectivity index (χ2v) is 8.33. The van der Waals surface area contributed by atoms with Gasteiger partial charge in [-0.15, -0.1) is 22.7 Å². The van der Waals surface area contributed by atoms with Gasteiger partial charge in [-0.05, 0) is 47.8 Å². The second-order valence-electron chi connectivity index (χ2n) is 6.53. The molecule has 0 aliphatic heterocycles. The van der Waals surface area contributed by atoms with Gasteiger partial charge < -0.3 is 10.3 Å². The molecule has 5 nitrogen and oxygen atoms in total. The first kappa shape index (κ1) is 17.8. The van der Waals surface area contributed by atoms with Gasteiger partial charge in [-0.2, -0.15) is 0 Å². The minimum Gasteiger partial charge on any atom is -0.338 e. The number of nitrogens with zero attached hydrogens (tertiary/aromatic N) is 2. The number of nitrogens with one attached hydrogen (secondary N) is 2. The van der Waals surface area contributed by atoms with Crippen LogP contribution in [0.15, 0.2) is 71.4 Å². The van der Waals surface area contributed by atoms with Gasteiger partial charge in [0.25, 0.3) is 0 Å². The molecular weight excluding hydrogens is 400 g/mol. The van der Waals surface area contributed by atoms with Crippen LogP contribution in [0.5, 0.6) is 0 Å². The van der Waals surface area contributed by atoms with Crippen LogP contribution in [-0.4, -0.2) is 20.9 Å². The molecule has 0 atom stereocenters. The van der Waals surface area contributed by atoms with Crippen molar-refractivity contribution < 1.29 is 4.79 Å². The molecule has 29 heavy (non-hydrogen) atoms. The van der Waals surface area contributed by atoms with Crippen LogP contribution in [-0.2, 0) is 11.2 Å². The van der Waals surface area contributed by atoms with Crippen molar-refractivity contribution in [1.29, 1.82) is 0 Å². The van der Waals surface area contributed by atoms with Crippen molar-refractivity contribution in [3.63, 3.8) is 0 Å². The van der Waals surface area contributed by atoms with Crippen LogP contribution in [0.3, 0.4) is 0 Å². The molecule has 1 amide bonds. The molecule has 0 aliphatic rings. The number of imidazole rings is 1. The van der Waals surface area contributed by atoms with Gasteiger partial charge in [0.2, 0.25) is 5.91 Å². The number of para-hydroxylation sites is 2. The maximum absolute atomic E-state index is 12.4. The van der Waals surface area contributed by atoms with Crippen LogP contribution in [0.4, 0.5) is 5.69 Å². The first-order chi connectivity index (χ1) is 14.2. The lowest BCUT2D eigenvalue weighted by molar-refractivity contribution is -0.115. The lowest BCUT2D eigenvalue weighted by Gasteiger charge is -2.05. The van der Waals surface area contributed by atoms with E-state index >= 15 is 0 Å². The molecule has 2 aromatic carbocycles. The summed E-state index contributed by atoms with van der Waals surface area (Å²) in [5.41, 5.74) is 4.45. The Kier molecular flexibility index (Phi) is 4.67. The Morgan fingerprint density at radius 1 is 0.966 bits per heavy atom. The third-order valence-corrected chi connectivity index (χ3v) is 6.39. The van der Waals surface area contributed by atoms with E-state index in [0.717, 1.165) is 43.7 Å². The number of hydrogen-bond donors (Lipinski definition) is 2.